The molecule has 0 saturated heterocycles. The zero-order valence-electron chi connectivity index (χ0n) is 3.63. The smallest absolute Gasteiger partial charge is 0.130 e. The molecule has 40 valence electrons. The highest BCUT2D eigenvalue weighted by atomic mass is 32.2. The van der Waals surface area contributed by atoms with Crippen LogP contribution in [0.25, 0.3) is 0 Å². The van der Waals surface area contributed by atoms with Gasteiger partial charge >= 0.3 is 0 Å². The average Bonchev–Trinajstić information content (AvgIpc) is 1.69. The molecule has 0 aromatic carbocycles. The standard InChI is InChI=1S/C4H5FOS/c5-1-3-7-4-2-6/h1-3H,4H2. The van der Waals surface area contributed by atoms with Gasteiger partial charge in [0.2, 0.25) is 0 Å². The fourth-order valence-electron chi connectivity index (χ4n) is 0.131. The molecule has 7 heavy (non-hydrogen) atoms. The molecule has 0 radical (unpaired) electrons. The van der Waals surface area contributed by atoms with Crippen molar-refractivity contribution >= 4 is 18.0 Å². The van der Waals surface area contributed by atoms with Crippen molar-refractivity contribution in [1.29, 1.82) is 0 Å². The van der Waals surface area contributed by atoms with Crippen LogP contribution in [0.5, 0.6) is 0 Å². The Labute approximate surface area is 45.6 Å². The van der Waals surface area contributed by atoms with Crippen LogP contribution in [0.3, 0.4) is 0 Å². The van der Waals surface area contributed by atoms with Gasteiger partial charge in [-0.1, -0.05) is 0 Å². The molecule has 0 spiro atoms. The maximum Gasteiger partial charge on any atom is 0.130 e. The first-order chi connectivity index (χ1) is 3.41. The predicted molar refractivity (Wildman–Crippen MR) is 28.8 cm³/mol. The van der Waals surface area contributed by atoms with Gasteiger partial charge in [0.25, 0.3) is 0 Å². The van der Waals surface area contributed by atoms with Crippen LogP contribution in [0.2, 0.25) is 0 Å². The van der Waals surface area contributed by atoms with Gasteiger partial charge in [0.1, 0.15) is 6.29 Å². The van der Waals surface area contributed by atoms with E-state index < -0.39 is 0 Å². The molecule has 0 aromatic heterocycles. The highest BCUT2D eigenvalue weighted by molar-refractivity contribution is 8.02. The number of hydrogen-bond donors (Lipinski definition) is 0. The summed E-state index contributed by atoms with van der Waals surface area (Å²) in [6.45, 7) is 0. The minimum atomic E-state index is 0.334. The first kappa shape index (κ1) is 6.69. The van der Waals surface area contributed by atoms with Gasteiger partial charge in [0, 0.05) is 0 Å². The van der Waals surface area contributed by atoms with E-state index in [1.165, 1.54) is 5.41 Å². The van der Waals surface area contributed by atoms with Crippen molar-refractivity contribution in [1.82, 2.24) is 0 Å². The molecular weight excluding hydrogens is 115 g/mol. The number of aldehydes is 1. The average molecular weight is 120 g/mol. The topological polar surface area (TPSA) is 17.1 Å². The Kier molecular flexibility index (Phi) is 5.44. The van der Waals surface area contributed by atoms with Crippen molar-refractivity contribution in [3.05, 3.63) is 11.7 Å². The summed E-state index contributed by atoms with van der Waals surface area (Å²) in [5.41, 5.74) is 0. The molecule has 0 atom stereocenters. The molecule has 0 amide bonds. The largest absolute Gasteiger partial charge is 0.302 e. The van der Waals surface area contributed by atoms with Gasteiger partial charge in [-0.15, -0.1) is 11.8 Å². The first-order valence-corrected chi connectivity index (χ1v) is 2.77. The van der Waals surface area contributed by atoms with Crippen molar-refractivity contribution in [3.8, 4) is 0 Å². The molecule has 0 bridgehead atoms. The fourth-order valence-corrected chi connectivity index (χ4v) is 0.394. The molecule has 0 heterocycles. The van der Waals surface area contributed by atoms with Gasteiger partial charge in [0.05, 0.1) is 12.1 Å². The lowest BCUT2D eigenvalue weighted by Gasteiger charge is -1.75. The number of carbonyl (C=O) groups is 1. The molecule has 0 aromatic rings. The Morgan fingerprint density at radius 3 is 2.86 bits per heavy atom. The van der Waals surface area contributed by atoms with Crippen LogP contribution >= 0.6 is 11.8 Å². The van der Waals surface area contributed by atoms with E-state index in [1.807, 2.05) is 0 Å². The van der Waals surface area contributed by atoms with Crippen molar-refractivity contribution in [2.45, 2.75) is 0 Å². The van der Waals surface area contributed by atoms with Gasteiger partial charge in [-0.25, -0.2) is 4.39 Å². The van der Waals surface area contributed by atoms with Gasteiger partial charge in [-0.3, -0.25) is 0 Å². The number of hydrogen-bond acceptors (Lipinski definition) is 2. The summed E-state index contributed by atoms with van der Waals surface area (Å²) in [5, 5.41) is 1.23. The summed E-state index contributed by atoms with van der Waals surface area (Å²) in [4.78, 5) is 9.50. The molecule has 0 unspecified atom stereocenters. The summed E-state index contributed by atoms with van der Waals surface area (Å²) >= 11 is 1.13. The van der Waals surface area contributed by atoms with E-state index in [1.54, 1.807) is 0 Å². The third-order valence-corrected chi connectivity index (χ3v) is 0.936. The van der Waals surface area contributed by atoms with Crippen LogP contribution in [0.15, 0.2) is 11.7 Å². The summed E-state index contributed by atoms with van der Waals surface area (Å²) in [6.07, 6.45) is 1.14. The van der Waals surface area contributed by atoms with Gasteiger partial charge in [0.15, 0.2) is 0 Å². The van der Waals surface area contributed by atoms with E-state index >= 15 is 0 Å². The minimum Gasteiger partial charge on any atom is -0.302 e. The lowest BCUT2D eigenvalue weighted by atomic mass is 10.9. The van der Waals surface area contributed by atoms with Gasteiger partial charge in [-0.2, -0.15) is 0 Å². The molecule has 3 heteroatoms. The molecule has 0 aliphatic carbocycles. The zero-order valence-corrected chi connectivity index (χ0v) is 4.45. The van der Waals surface area contributed by atoms with Crippen molar-refractivity contribution in [3.63, 3.8) is 0 Å². The van der Waals surface area contributed by atoms with Gasteiger partial charge < -0.3 is 4.79 Å². The van der Waals surface area contributed by atoms with E-state index in [-0.39, 0.29) is 0 Å². The predicted octanol–water partition coefficient (Wildman–Crippen LogP) is 1.36. The second-order valence-corrected chi connectivity index (χ2v) is 1.70. The number of thioether (sulfide) groups is 1. The molecule has 1 nitrogen and oxygen atoms in total. The van der Waals surface area contributed by atoms with E-state index in [2.05, 4.69) is 0 Å². The quantitative estimate of drug-likeness (QED) is 0.413. The van der Waals surface area contributed by atoms with Crippen molar-refractivity contribution in [2.24, 2.45) is 0 Å². The van der Waals surface area contributed by atoms with Crippen LogP contribution in [0.1, 0.15) is 0 Å². The second kappa shape index (κ2) is 5.69. The monoisotopic (exact) mass is 120 g/mol. The number of halogens is 1. The molecule has 0 saturated carbocycles. The highest BCUT2D eigenvalue weighted by Crippen LogP contribution is 1.97. The maximum atomic E-state index is 11.0. The first-order valence-electron chi connectivity index (χ1n) is 1.72. The SMILES string of the molecule is O=CCSC=CF. The van der Waals surface area contributed by atoms with Crippen molar-refractivity contribution in [2.75, 3.05) is 5.75 Å². The highest BCUT2D eigenvalue weighted by Gasteiger charge is 1.73. The Balaban J connectivity index is 2.82. The Morgan fingerprint density at radius 2 is 2.43 bits per heavy atom. The minimum absolute atomic E-state index is 0.334. The summed E-state index contributed by atoms with van der Waals surface area (Å²) in [5.74, 6) is 0.334. The molecule has 0 N–H and O–H groups in total. The number of carbonyl (C=O) groups excluding carboxylic acids is 1. The Bertz CT molecular complexity index is 72.1. The van der Waals surface area contributed by atoms with Crippen molar-refractivity contribution < 1.29 is 9.18 Å². The Morgan fingerprint density at radius 1 is 1.71 bits per heavy atom. The normalized spacial score (nSPS) is 9.86. The molecule has 0 aliphatic rings. The zero-order chi connectivity index (χ0) is 5.54. The van der Waals surface area contributed by atoms with Crippen LogP contribution in [0, 0.1) is 0 Å². The van der Waals surface area contributed by atoms with Gasteiger partial charge in [-0.05, 0) is 5.41 Å². The lowest BCUT2D eigenvalue weighted by molar-refractivity contribution is -0.105. The molecular formula is C4H5FOS. The molecule has 0 fully saturated rings. The molecule has 0 aliphatic heterocycles. The number of rotatable bonds is 3. The molecule has 0 rings (SSSR count). The summed E-state index contributed by atoms with van der Waals surface area (Å²) < 4.78 is 11.0. The Hall–Kier alpha value is -0.310. The summed E-state index contributed by atoms with van der Waals surface area (Å²) in [6, 6.07) is 0. The van der Waals surface area contributed by atoms with Crippen LogP contribution in [0.4, 0.5) is 4.39 Å². The van der Waals surface area contributed by atoms with E-state index in [0.29, 0.717) is 12.1 Å². The van der Waals surface area contributed by atoms with Crippen LogP contribution < -0.4 is 0 Å². The lowest BCUT2D eigenvalue weighted by Crippen LogP contribution is -1.70. The van der Waals surface area contributed by atoms with E-state index in [0.717, 1.165) is 18.0 Å². The summed E-state index contributed by atoms with van der Waals surface area (Å²) in [7, 11) is 0. The van der Waals surface area contributed by atoms with Crippen LogP contribution in [-0.2, 0) is 4.79 Å². The second-order valence-electron chi connectivity index (χ2n) is 0.762. The maximum absolute atomic E-state index is 11.0. The van der Waals surface area contributed by atoms with Crippen LogP contribution in [-0.4, -0.2) is 12.0 Å². The third-order valence-electron chi connectivity index (χ3n) is 0.312. The third kappa shape index (κ3) is 5.69. The fraction of sp³-hybridized carbons (Fsp3) is 0.250. The van der Waals surface area contributed by atoms with E-state index in [9.17, 15) is 9.18 Å². The van der Waals surface area contributed by atoms with E-state index in [4.69, 9.17) is 0 Å².